The van der Waals surface area contributed by atoms with E-state index in [2.05, 4.69) is 15.5 Å². The Kier molecular flexibility index (Phi) is 2.84. The predicted molar refractivity (Wildman–Crippen MR) is 73.6 cm³/mol. The summed E-state index contributed by atoms with van der Waals surface area (Å²) in [5.41, 5.74) is 2.93. The van der Waals surface area contributed by atoms with E-state index in [9.17, 15) is 4.79 Å². The molecular formula is C15H21N3O2. The molecule has 5 nitrogen and oxygen atoms in total. The van der Waals surface area contributed by atoms with Crippen LogP contribution in [-0.2, 0) is 17.6 Å². The maximum absolute atomic E-state index is 12.4. The second kappa shape index (κ2) is 4.58. The standard InChI is InChI=1S/C15H21N3O2/c19-14(13-11-4-3-5-12(11)17-18-13)16-10-8-15(20-9-10)6-1-2-7-15/h10H,1-9H2,(H,16,19)(H,17,18)/t10-/m1/s1. The molecule has 5 heteroatoms. The summed E-state index contributed by atoms with van der Waals surface area (Å²) in [6, 6.07) is 0.148. The van der Waals surface area contributed by atoms with Crippen molar-refractivity contribution in [3.8, 4) is 0 Å². The highest BCUT2D eigenvalue weighted by molar-refractivity contribution is 5.94. The van der Waals surface area contributed by atoms with Crippen LogP contribution in [-0.4, -0.2) is 34.4 Å². The summed E-state index contributed by atoms with van der Waals surface area (Å²) < 4.78 is 5.98. The molecule has 1 spiro atoms. The van der Waals surface area contributed by atoms with Crippen molar-refractivity contribution < 1.29 is 9.53 Å². The molecule has 1 aromatic heterocycles. The third kappa shape index (κ3) is 1.95. The van der Waals surface area contributed by atoms with E-state index in [1.165, 1.54) is 12.8 Å². The zero-order valence-electron chi connectivity index (χ0n) is 11.7. The third-order valence-corrected chi connectivity index (χ3v) is 5.08. The lowest BCUT2D eigenvalue weighted by Crippen LogP contribution is -2.36. The molecule has 3 aliphatic rings. The van der Waals surface area contributed by atoms with E-state index in [1.807, 2.05) is 0 Å². The zero-order chi connectivity index (χ0) is 13.6. The van der Waals surface area contributed by atoms with E-state index in [0.717, 1.165) is 49.8 Å². The number of H-pyrrole nitrogens is 1. The minimum absolute atomic E-state index is 0.0342. The van der Waals surface area contributed by atoms with Crippen LogP contribution < -0.4 is 5.32 Å². The van der Waals surface area contributed by atoms with E-state index in [-0.39, 0.29) is 17.6 Å². The van der Waals surface area contributed by atoms with Gasteiger partial charge in [-0.1, -0.05) is 12.8 Å². The number of nitrogens with one attached hydrogen (secondary N) is 2. The van der Waals surface area contributed by atoms with Gasteiger partial charge < -0.3 is 10.1 Å². The van der Waals surface area contributed by atoms with Gasteiger partial charge in [0.05, 0.1) is 18.2 Å². The van der Waals surface area contributed by atoms with E-state index in [1.54, 1.807) is 0 Å². The number of amides is 1. The minimum Gasteiger partial charge on any atom is -0.373 e. The lowest BCUT2D eigenvalue weighted by Gasteiger charge is -2.21. The first kappa shape index (κ1) is 12.4. The van der Waals surface area contributed by atoms with Crippen molar-refractivity contribution in [2.45, 2.75) is 63.0 Å². The second-order valence-electron chi connectivity index (χ2n) is 6.46. The van der Waals surface area contributed by atoms with Gasteiger partial charge in [0.25, 0.3) is 5.91 Å². The van der Waals surface area contributed by atoms with Crippen molar-refractivity contribution in [3.63, 3.8) is 0 Å². The first-order valence-electron chi connectivity index (χ1n) is 7.77. The molecule has 2 heterocycles. The molecule has 1 aromatic rings. The molecule has 4 rings (SSSR count). The van der Waals surface area contributed by atoms with Gasteiger partial charge in [-0.05, 0) is 38.5 Å². The summed E-state index contributed by atoms with van der Waals surface area (Å²) in [5.74, 6) is -0.0342. The average Bonchev–Trinajstić information content (AvgIpc) is 3.16. The van der Waals surface area contributed by atoms with Crippen LogP contribution in [0.15, 0.2) is 0 Å². The Hall–Kier alpha value is -1.36. The van der Waals surface area contributed by atoms with Crippen LogP contribution >= 0.6 is 0 Å². The highest BCUT2D eigenvalue weighted by atomic mass is 16.5. The number of nitrogens with zero attached hydrogens (tertiary/aromatic N) is 1. The molecule has 0 aromatic carbocycles. The molecule has 20 heavy (non-hydrogen) atoms. The smallest absolute Gasteiger partial charge is 0.272 e. The fraction of sp³-hybridized carbons (Fsp3) is 0.733. The summed E-state index contributed by atoms with van der Waals surface area (Å²) in [7, 11) is 0. The number of fused-ring (bicyclic) bond motifs is 1. The van der Waals surface area contributed by atoms with Crippen molar-refractivity contribution in [3.05, 3.63) is 17.0 Å². The van der Waals surface area contributed by atoms with Gasteiger partial charge in [0.1, 0.15) is 0 Å². The molecule has 1 atom stereocenters. The maximum Gasteiger partial charge on any atom is 0.272 e. The largest absolute Gasteiger partial charge is 0.373 e. The number of carbonyl (C=O) groups is 1. The van der Waals surface area contributed by atoms with E-state index in [4.69, 9.17) is 4.74 Å². The Morgan fingerprint density at radius 1 is 1.30 bits per heavy atom. The highest BCUT2D eigenvalue weighted by Crippen LogP contribution is 2.40. The first-order valence-corrected chi connectivity index (χ1v) is 7.77. The fourth-order valence-electron chi connectivity index (χ4n) is 4.07. The Labute approximate surface area is 118 Å². The molecule has 0 unspecified atom stereocenters. The number of hydrogen-bond acceptors (Lipinski definition) is 3. The number of rotatable bonds is 2. The van der Waals surface area contributed by atoms with Gasteiger partial charge in [-0.2, -0.15) is 5.10 Å². The Balaban J connectivity index is 1.43. The number of carbonyl (C=O) groups excluding carboxylic acids is 1. The molecule has 1 saturated carbocycles. The molecule has 0 radical (unpaired) electrons. The lowest BCUT2D eigenvalue weighted by atomic mass is 9.96. The number of aromatic amines is 1. The van der Waals surface area contributed by atoms with E-state index < -0.39 is 0 Å². The monoisotopic (exact) mass is 275 g/mol. The predicted octanol–water partition coefficient (Wildman–Crippen LogP) is 1.73. The molecule has 1 saturated heterocycles. The molecule has 108 valence electrons. The lowest BCUT2D eigenvalue weighted by molar-refractivity contribution is 0.00987. The van der Waals surface area contributed by atoms with Crippen LogP contribution in [0.5, 0.6) is 0 Å². The summed E-state index contributed by atoms with van der Waals surface area (Å²) in [5, 5.41) is 10.3. The quantitative estimate of drug-likeness (QED) is 0.863. The summed E-state index contributed by atoms with van der Waals surface area (Å²) >= 11 is 0. The average molecular weight is 275 g/mol. The van der Waals surface area contributed by atoms with E-state index >= 15 is 0 Å². The van der Waals surface area contributed by atoms with E-state index in [0.29, 0.717) is 12.3 Å². The fourth-order valence-corrected chi connectivity index (χ4v) is 4.07. The summed E-state index contributed by atoms with van der Waals surface area (Å²) in [6.45, 7) is 0.651. The molecule has 2 N–H and O–H groups in total. The molecule has 1 amide bonds. The van der Waals surface area contributed by atoms with Gasteiger partial charge in [0, 0.05) is 11.3 Å². The molecule has 2 fully saturated rings. The number of aromatic nitrogens is 2. The summed E-state index contributed by atoms with van der Waals surface area (Å²) in [4.78, 5) is 12.4. The Morgan fingerprint density at radius 3 is 3.00 bits per heavy atom. The van der Waals surface area contributed by atoms with Crippen molar-refractivity contribution in [1.82, 2.24) is 15.5 Å². The topological polar surface area (TPSA) is 67.0 Å². The third-order valence-electron chi connectivity index (χ3n) is 5.08. The highest BCUT2D eigenvalue weighted by Gasteiger charge is 2.43. The minimum atomic E-state index is -0.0342. The Bertz CT molecular complexity index is 531. The van der Waals surface area contributed by atoms with Crippen molar-refractivity contribution >= 4 is 5.91 Å². The van der Waals surface area contributed by atoms with Crippen LogP contribution in [0.3, 0.4) is 0 Å². The van der Waals surface area contributed by atoms with Crippen LogP contribution in [0.2, 0.25) is 0 Å². The normalized spacial score (nSPS) is 27.1. The molecule has 0 bridgehead atoms. The maximum atomic E-state index is 12.4. The van der Waals surface area contributed by atoms with Gasteiger partial charge in [0.15, 0.2) is 5.69 Å². The second-order valence-corrected chi connectivity index (χ2v) is 6.46. The van der Waals surface area contributed by atoms with Crippen molar-refractivity contribution in [1.29, 1.82) is 0 Å². The SMILES string of the molecule is O=C(N[C@H]1COC2(CCCC2)C1)c1n[nH]c2c1CCC2. The number of hydrogen-bond donors (Lipinski definition) is 2. The van der Waals surface area contributed by atoms with Crippen molar-refractivity contribution in [2.75, 3.05) is 6.61 Å². The first-order chi connectivity index (χ1) is 9.76. The molecule has 2 aliphatic carbocycles. The number of aryl methyl sites for hydroxylation is 1. The molecular weight excluding hydrogens is 254 g/mol. The van der Waals surface area contributed by atoms with Crippen molar-refractivity contribution in [2.24, 2.45) is 0 Å². The number of ether oxygens (including phenoxy) is 1. The summed E-state index contributed by atoms with van der Waals surface area (Å²) in [6.07, 6.45) is 8.89. The van der Waals surface area contributed by atoms with Crippen LogP contribution in [0.1, 0.15) is 60.3 Å². The van der Waals surface area contributed by atoms with Gasteiger partial charge in [0.2, 0.25) is 0 Å². The van der Waals surface area contributed by atoms with Crippen LogP contribution in [0.25, 0.3) is 0 Å². The van der Waals surface area contributed by atoms with Gasteiger partial charge >= 0.3 is 0 Å². The molecule has 1 aliphatic heterocycles. The Morgan fingerprint density at radius 2 is 2.15 bits per heavy atom. The van der Waals surface area contributed by atoms with Gasteiger partial charge in [-0.3, -0.25) is 9.89 Å². The van der Waals surface area contributed by atoms with Crippen LogP contribution in [0, 0.1) is 0 Å². The van der Waals surface area contributed by atoms with Crippen LogP contribution in [0.4, 0.5) is 0 Å². The van der Waals surface area contributed by atoms with Gasteiger partial charge in [-0.15, -0.1) is 0 Å². The zero-order valence-corrected chi connectivity index (χ0v) is 11.7. The van der Waals surface area contributed by atoms with Gasteiger partial charge in [-0.25, -0.2) is 0 Å².